The highest BCUT2D eigenvalue weighted by Crippen LogP contribution is 2.07. The molecule has 0 aliphatic heterocycles. The number of amides is 1. The van der Waals surface area contributed by atoms with Gasteiger partial charge in [0.25, 0.3) is 0 Å². The van der Waals surface area contributed by atoms with Gasteiger partial charge in [-0.15, -0.1) is 0 Å². The first kappa shape index (κ1) is 14.4. The molecule has 15 heavy (non-hydrogen) atoms. The zero-order valence-electron chi connectivity index (χ0n) is 10.3. The van der Waals surface area contributed by atoms with Crippen molar-refractivity contribution in [1.29, 1.82) is 0 Å². The normalized spacial score (nSPS) is 15.1. The average Bonchev–Trinajstić information content (AvgIpc) is 2.18. The van der Waals surface area contributed by atoms with Crippen LogP contribution in [-0.4, -0.2) is 31.6 Å². The molecule has 1 amide bonds. The summed E-state index contributed by atoms with van der Waals surface area (Å²) < 4.78 is 0. The third kappa shape index (κ3) is 5.74. The summed E-state index contributed by atoms with van der Waals surface area (Å²) in [6.07, 6.45) is 0. The van der Waals surface area contributed by atoms with Gasteiger partial charge in [0.15, 0.2) is 0 Å². The van der Waals surface area contributed by atoms with Crippen molar-refractivity contribution in [3.63, 3.8) is 0 Å². The summed E-state index contributed by atoms with van der Waals surface area (Å²) in [6, 6.07) is -0.141. The van der Waals surface area contributed by atoms with E-state index in [4.69, 9.17) is 5.73 Å². The number of carbonyl (C=O) groups excluding carboxylic acids is 1. The third-order valence-electron chi connectivity index (χ3n) is 2.68. The highest BCUT2D eigenvalue weighted by Gasteiger charge is 2.15. The number of nitrogens with one attached hydrogen (secondary N) is 2. The van der Waals surface area contributed by atoms with E-state index in [1.807, 2.05) is 13.8 Å². The minimum Gasteiger partial charge on any atom is -0.355 e. The maximum Gasteiger partial charge on any atom is 0.236 e. The molecule has 0 aromatic rings. The summed E-state index contributed by atoms with van der Waals surface area (Å²) in [5.41, 5.74) is 5.65. The molecule has 0 radical (unpaired) electrons. The molecule has 2 atom stereocenters. The van der Waals surface area contributed by atoms with Crippen LogP contribution in [0.2, 0.25) is 0 Å². The quantitative estimate of drug-likeness (QED) is 0.573. The molecule has 0 spiro atoms. The van der Waals surface area contributed by atoms with Gasteiger partial charge in [-0.25, -0.2) is 0 Å². The van der Waals surface area contributed by atoms with Crippen LogP contribution in [0.5, 0.6) is 0 Å². The fourth-order valence-corrected chi connectivity index (χ4v) is 1.34. The van der Waals surface area contributed by atoms with Crippen molar-refractivity contribution in [3.05, 3.63) is 0 Å². The minimum atomic E-state index is -0.141. The van der Waals surface area contributed by atoms with Crippen LogP contribution in [0, 0.1) is 11.8 Å². The molecule has 0 bridgehead atoms. The lowest BCUT2D eigenvalue weighted by atomic mass is 9.96. The van der Waals surface area contributed by atoms with Gasteiger partial charge in [0.05, 0.1) is 6.04 Å². The Morgan fingerprint density at radius 3 is 2.33 bits per heavy atom. The van der Waals surface area contributed by atoms with Gasteiger partial charge in [0.2, 0.25) is 5.91 Å². The smallest absolute Gasteiger partial charge is 0.236 e. The van der Waals surface area contributed by atoms with Gasteiger partial charge >= 0.3 is 0 Å². The zero-order valence-corrected chi connectivity index (χ0v) is 10.3. The van der Waals surface area contributed by atoms with Crippen LogP contribution in [-0.2, 0) is 4.79 Å². The topological polar surface area (TPSA) is 67.2 Å². The highest BCUT2D eigenvalue weighted by molar-refractivity contribution is 5.81. The van der Waals surface area contributed by atoms with E-state index >= 15 is 0 Å². The van der Waals surface area contributed by atoms with Crippen molar-refractivity contribution in [2.75, 3.05) is 19.6 Å². The molecule has 4 heteroatoms. The summed E-state index contributed by atoms with van der Waals surface area (Å²) in [6.45, 7) is 10.2. The van der Waals surface area contributed by atoms with Crippen molar-refractivity contribution in [3.8, 4) is 0 Å². The number of nitrogens with two attached hydrogens (primary N) is 1. The Labute approximate surface area is 93.0 Å². The number of carbonyl (C=O) groups is 1. The number of rotatable bonds is 7. The molecule has 0 fully saturated rings. The van der Waals surface area contributed by atoms with Gasteiger partial charge < -0.3 is 16.4 Å². The lowest BCUT2D eigenvalue weighted by Gasteiger charge is -2.21. The summed E-state index contributed by atoms with van der Waals surface area (Å²) in [4.78, 5) is 11.4. The lowest BCUT2D eigenvalue weighted by molar-refractivity contribution is -0.122. The van der Waals surface area contributed by atoms with Gasteiger partial charge in [-0.2, -0.15) is 0 Å². The molecule has 0 saturated heterocycles. The second-order valence-corrected chi connectivity index (χ2v) is 4.26. The van der Waals surface area contributed by atoms with Gasteiger partial charge in [-0.3, -0.25) is 4.79 Å². The molecule has 0 rings (SSSR count). The molecular formula is C11H25N3O. The zero-order chi connectivity index (χ0) is 11.8. The van der Waals surface area contributed by atoms with Crippen LogP contribution >= 0.6 is 0 Å². The third-order valence-corrected chi connectivity index (χ3v) is 2.68. The molecule has 0 saturated carbocycles. The molecule has 0 heterocycles. The Balaban J connectivity index is 3.87. The van der Waals surface area contributed by atoms with Gasteiger partial charge in [-0.05, 0) is 32.2 Å². The van der Waals surface area contributed by atoms with Crippen molar-refractivity contribution in [2.24, 2.45) is 17.6 Å². The first-order chi connectivity index (χ1) is 7.02. The van der Waals surface area contributed by atoms with Crippen LogP contribution in [0.4, 0.5) is 0 Å². The lowest BCUT2D eigenvalue weighted by Crippen LogP contribution is -2.45. The fourth-order valence-electron chi connectivity index (χ4n) is 1.34. The van der Waals surface area contributed by atoms with E-state index in [9.17, 15) is 4.79 Å². The predicted octanol–water partition coefficient (Wildman–Crippen LogP) is 0.332. The number of likely N-dealkylation sites (N-methyl/N-ethyl adjacent to an activating group) is 1. The predicted molar refractivity (Wildman–Crippen MR) is 63.5 cm³/mol. The number of hydrogen-bond donors (Lipinski definition) is 3. The van der Waals surface area contributed by atoms with Crippen molar-refractivity contribution in [2.45, 2.75) is 33.7 Å². The SMILES string of the molecule is CCNC(=O)C(C)NCC(CN)C(C)C. The van der Waals surface area contributed by atoms with E-state index in [1.54, 1.807) is 0 Å². The Kier molecular flexibility index (Phi) is 7.34. The largest absolute Gasteiger partial charge is 0.355 e. The molecule has 4 N–H and O–H groups in total. The standard InChI is InChI=1S/C11H25N3O/c1-5-13-11(15)9(4)14-7-10(6-12)8(2)3/h8-10,14H,5-7,12H2,1-4H3,(H,13,15). The van der Waals surface area contributed by atoms with Crippen molar-refractivity contribution in [1.82, 2.24) is 10.6 Å². The molecule has 90 valence electrons. The van der Waals surface area contributed by atoms with Crippen LogP contribution in [0.3, 0.4) is 0 Å². The van der Waals surface area contributed by atoms with E-state index in [0.717, 1.165) is 6.54 Å². The summed E-state index contributed by atoms with van der Waals surface area (Å²) >= 11 is 0. The minimum absolute atomic E-state index is 0.0528. The van der Waals surface area contributed by atoms with Crippen LogP contribution in [0.15, 0.2) is 0 Å². The molecule has 4 nitrogen and oxygen atoms in total. The van der Waals surface area contributed by atoms with Crippen molar-refractivity contribution >= 4 is 5.91 Å². The van der Waals surface area contributed by atoms with Gasteiger partial charge in [0.1, 0.15) is 0 Å². The molecule has 0 aromatic heterocycles. The van der Waals surface area contributed by atoms with Crippen LogP contribution < -0.4 is 16.4 Å². The van der Waals surface area contributed by atoms with E-state index in [2.05, 4.69) is 24.5 Å². The molecule has 0 aliphatic carbocycles. The Morgan fingerprint density at radius 1 is 1.33 bits per heavy atom. The van der Waals surface area contributed by atoms with E-state index in [0.29, 0.717) is 24.9 Å². The number of hydrogen-bond acceptors (Lipinski definition) is 3. The van der Waals surface area contributed by atoms with Crippen LogP contribution in [0.1, 0.15) is 27.7 Å². The molecule has 2 unspecified atom stereocenters. The maximum absolute atomic E-state index is 11.4. The van der Waals surface area contributed by atoms with Crippen LogP contribution in [0.25, 0.3) is 0 Å². The second-order valence-electron chi connectivity index (χ2n) is 4.26. The Hall–Kier alpha value is -0.610. The molecule has 0 aliphatic rings. The second kappa shape index (κ2) is 7.65. The first-order valence-corrected chi connectivity index (χ1v) is 5.74. The summed E-state index contributed by atoms with van der Waals surface area (Å²) in [7, 11) is 0. The Bertz CT molecular complexity index is 183. The molecular weight excluding hydrogens is 190 g/mol. The first-order valence-electron chi connectivity index (χ1n) is 5.74. The monoisotopic (exact) mass is 215 g/mol. The summed E-state index contributed by atoms with van der Waals surface area (Å²) in [5, 5.41) is 5.99. The molecule has 0 aromatic carbocycles. The Morgan fingerprint density at radius 2 is 1.93 bits per heavy atom. The van der Waals surface area contributed by atoms with E-state index < -0.39 is 0 Å². The van der Waals surface area contributed by atoms with E-state index in [-0.39, 0.29) is 11.9 Å². The van der Waals surface area contributed by atoms with E-state index in [1.165, 1.54) is 0 Å². The van der Waals surface area contributed by atoms with Gasteiger partial charge in [-0.1, -0.05) is 13.8 Å². The average molecular weight is 215 g/mol. The maximum atomic E-state index is 11.4. The summed E-state index contributed by atoms with van der Waals surface area (Å²) in [5.74, 6) is 1.03. The fraction of sp³-hybridized carbons (Fsp3) is 0.909. The van der Waals surface area contributed by atoms with Gasteiger partial charge in [0, 0.05) is 13.1 Å². The highest BCUT2D eigenvalue weighted by atomic mass is 16.2. The van der Waals surface area contributed by atoms with Crippen molar-refractivity contribution < 1.29 is 4.79 Å².